The summed E-state index contributed by atoms with van der Waals surface area (Å²) in [6.45, 7) is 1.67. The van der Waals surface area contributed by atoms with Crippen molar-refractivity contribution in [1.29, 1.82) is 0 Å². The van der Waals surface area contributed by atoms with Crippen molar-refractivity contribution in [3.8, 4) is 0 Å². The summed E-state index contributed by atoms with van der Waals surface area (Å²) in [5.41, 5.74) is -5.63. The van der Waals surface area contributed by atoms with E-state index in [1.165, 1.54) is 6.92 Å². The van der Waals surface area contributed by atoms with Crippen molar-refractivity contribution < 1.29 is 35.9 Å². The van der Waals surface area contributed by atoms with Gasteiger partial charge in [-0.2, -0.15) is 26.0 Å². The number of hydrogen-bond donors (Lipinski definition) is 1. The fraction of sp³-hybridized carbons (Fsp3) is 0.875. The van der Waals surface area contributed by atoms with Crippen molar-refractivity contribution >= 4 is 15.9 Å². The van der Waals surface area contributed by atoms with Crippen LogP contribution < -0.4 is 5.84 Å². The van der Waals surface area contributed by atoms with Gasteiger partial charge in [-0.05, 0) is 0 Å². The molecule has 2 unspecified atom stereocenters. The summed E-state index contributed by atoms with van der Waals surface area (Å²) >= 11 is 0. The van der Waals surface area contributed by atoms with Crippen LogP contribution in [0.1, 0.15) is 6.92 Å². The number of carbonyl (C=O) groups is 1. The molecule has 0 aliphatic carbocycles. The van der Waals surface area contributed by atoms with Crippen molar-refractivity contribution in [3.05, 3.63) is 0 Å². The second kappa shape index (κ2) is 5.61. The summed E-state index contributed by atoms with van der Waals surface area (Å²) in [6, 6.07) is 0. The zero-order chi connectivity index (χ0) is 14.8. The average molecular weight is 306 g/mol. The van der Waals surface area contributed by atoms with E-state index in [0.717, 1.165) is 0 Å². The predicted octanol–water partition coefficient (Wildman–Crippen LogP) is -0.410. The van der Waals surface area contributed by atoms with Crippen molar-refractivity contribution in [2.45, 2.75) is 18.5 Å². The lowest BCUT2D eigenvalue weighted by Crippen LogP contribution is -2.51. The Morgan fingerprint density at radius 1 is 1.58 bits per heavy atom. The van der Waals surface area contributed by atoms with Gasteiger partial charge in [0.15, 0.2) is 0 Å². The summed E-state index contributed by atoms with van der Waals surface area (Å²) in [7, 11) is -5.87. The van der Waals surface area contributed by atoms with Gasteiger partial charge in [-0.3, -0.25) is 4.79 Å². The first-order chi connectivity index (χ1) is 8.57. The number of halogens is 3. The zero-order valence-corrected chi connectivity index (χ0v) is 10.7. The number of hydrogen-bond acceptors (Lipinski definition) is 6. The smallest absolute Gasteiger partial charge is 0.378 e. The molecule has 1 saturated heterocycles. The molecular weight excluding hydrogens is 293 g/mol. The van der Waals surface area contributed by atoms with Gasteiger partial charge in [-0.1, -0.05) is 6.92 Å². The first-order valence-corrected chi connectivity index (χ1v) is 6.61. The van der Waals surface area contributed by atoms with Crippen LogP contribution in [0.3, 0.4) is 0 Å². The Balaban J connectivity index is 2.54. The van der Waals surface area contributed by atoms with Crippen LogP contribution in [-0.4, -0.2) is 50.2 Å². The molecule has 7 nitrogen and oxygen atoms in total. The maximum Gasteiger partial charge on any atom is 0.518 e. The van der Waals surface area contributed by atoms with Gasteiger partial charge in [0.2, 0.25) is 0 Å². The van der Waals surface area contributed by atoms with Crippen molar-refractivity contribution in [2.75, 3.05) is 19.8 Å². The number of alkyl halides is 3. The van der Waals surface area contributed by atoms with Gasteiger partial charge >= 0.3 is 15.5 Å². The molecule has 2 N–H and O–H groups in total. The number of sulfonamides is 1. The third-order valence-electron chi connectivity index (χ3n) is 2.26. The van der Waals surface area contributed by atoms with Crippen molar-refractivity contribution in [3.63, 3.8) is 0 Å². The maximum absolute atomic E-state index is 12.2. The predicted molar refractivity (Wildman–Crippen MR) is 55.7 cm³/mol. The number of ether oxygens (including phenoxy) is 2. The molecule has 0 saturated carbocycles. The number of rotatable bonds is 6. The lowest BCUT2D eigenvalue weighted by atomic mass is 10.2. The molecular formula is C8H13F3N2O5S. The molecule has 112 valence electrons. The van der Waals surface area contributed by atoms with Gasteiger partial charge in [-0.15, -0.1) is 0 Å². The van der Waals surface area contributed by atoms with Gasteiger partial charge in [0.05, 0.1) is 25.7 Å². The van der Waals surface area contributed by atoms with E-state index in [2.05, 4.69) is 0 Å². The molecule has 1 heterocycles. The van der Waals surface area contributed by atoms with E-state index in [1.54, 1.807) is 0 Å². The van der Waals surface area contributed by atoms with E-state index in [0.29, 0.717) is 6.61 Å². The van der Waals surface area contributed by atoms with Crippen LogP contribution in [0.4, 0.5) is 13.2 Å². The third-order valence-corrected chi connectivity index (χ3v) is 3.55. The Morgan fingerprint density at radius 2 is 2.11 bits per heavy atom. The normalized spacial score (nSPS) is 21.0. The molecule has 0 aromatic heterocycles. The topological polar surface area (TPSA) is 102 Å². The van der Waals surface area contributed by atoms with Gasteiger partial charge in [-0.25, -0.2) is 5.84 Å². The first-order valence-electron chi connectivity index (χ1n) is 5.17. The third kappa shape index (κ3) is 4.03. The number of nitrogens with zero attached hydrogens (tertiary/aromatic N) is 1. The average Bonchev–Trinajstić information content (AvgIpc) is 3.09. The SMILES string of the molecule is CC(COCC1CO1)C(=O)N(N)S(=O)(=O)C(F)(F)F. The van der Waals surface area contributed by atoms with E-state index >= 15 is 0 Å². The maximum atomic E-state index is 12.2. The highest BCUT2D eigenvalue weighted by Gasteiger charge is 2.51. The molecule has 1 aliphatic heterocycles. The van der Waals surface area contributed by atoms with E-state index < -0.39 is 31.8 Å². The minimum absolute atomic E-state index is 0.0739. The first kappa shape index (κ1) is 16.1. The molecule has 0 radical (unpaired) electrons. The highest BCUT2D eigenvalue weighted by molar-refractivity contribution is 7.90. The fourth-order valence-electron chi connectivity index (χ4n) is 1.06. The number of epoxide rings is 1. The van der Waals surface area contributed by atoms with E-state index in [-0.39, 0.29) is 19.3 Å². The quantitative estimate of drug-likeness (QED) is 0.310. The Kier molecular flexibility index (Phi) is 4.76. The van der Waals surface area contributed by atoms with Crippen LogP contribution in [-0.2, 0) is 24.3 Å². The van der Waals surface area contributed by atoms with Gasteiger partial charge in [0, 0.05) is 0 Å². The highest BCUT2D eigenvalue weighted by atomic mass is 32.2. The molecule has 1 aliphatic rings. The Hall–Kier alpha value is -0.910. The number of amides is 1. The molecule has 0 aromatic carbocycles. The molecule has 1 fully saturated rings. The molecule has 0 aromatic rings. The van der Waals surface area contributed by atoms with Crippen LogP contribution in [0.2, 0.25) is 0 Å². The second-order valence-electron chi connectivity index (χ2n) is 3.98. The lowest BCUT2D eigenvalue weighted by Gasteiger charge is -2.21. The summed E-state index contributed by atoms with van der Waals surface area (Å²) in [5, 5.41) is 0. The molecule has 0 bridgehead atoms. The summed E-state index contributed by atoms with van der Waals surface area (Å²) in [5.74, 6) is 2.20. The van der Waals surface area contributed by atoms with Crippen molar-refractivity contribution in [2.24, 2.45) is 11.8 Å². The van der Waals surface area contributed by atoms with E-state index in [4.69, 9.17) is 15.3 Å². The molecule has 2 atom stereocenters. The molecule has 0 spiro atoms. The molecule has 1 rings (SSSR count). The summed E-state index contributed by atoms with van der Waals surface area (Å²) < 4.78 is 67.3. The lowest BCUT2D eigenvalue weighted by molar-refractivity contribution is -0.133. The highest BCUT2D eigenvalue weighted by Crippen LogP contribution is 2.25. The van der Waals surface area contributed by atoms with Crippen LogP contribution >= 0.6 is 0 Å². The largest absolute Gasteiger partial charge is 0.518 e. The van der Waals surface area contributed by atoms with Gasteiger partial charge in [0.25, 0.3) is 5.91 Å². The van der Waals surface area contributed by atoms with Crippen LogP contribution in [0.15, 0.2) is 0 Å². The minimum Gasteiger partial charge on any atom is -0.378 e. The van der Waals surface area contributed by atoms with Crippen LogP contribution in [0, 0.1) is 5.92 Å². The van der Waals surface area contributed by atoms with Crippen molar-refractivity contribution in [1.82, 2.24) is 4.41 Å². The van der Waals surface area contributed by atoms with E-state index in [9.17, 15) is 26.4 Å². The number of hydrazine groups is 1. The Labute approximate surface area is 107 Å². The number of carbonyl (C=O) groups excluding carboxylic acids is 1. The minimum atomic E-state index is -5.87. The van der Waals surface area contributed by atoms with Gasteiger partial charge in [0.1, 0.15) is 6.10 Å². The fourth-order valence-corrected chi connectivity index (χ4v) is 1.70. The monoisotopic (exact) mass is 306 g/mol. The van der Waals surface area contributed by atoms with Crippen LogP contribution in [0.25, 0.3) is 0 Å². The Morgan fingerprint density at radius 3 is 2.53 bits per heavy atom. The standard InChI is InChI=1S/C8H13F3N2O5S/c1-5(2-17-3-6-4-18-6)7(14)13(12)19(15,16)8(9,10)11/h5-6H,2-4,12H2,1H3. The molecule has 11 heteroatoms. The molecule has 19 heavy (non-hydrogen) atoms. The number of nitrogens with two attached hydrogens (primary N) is 1. The molecule has 1 amide bonds. The van der Waals surface area contributed by atoms with E-state index in [1.807, 2.05) is 0 Å². The zero-order valence-electron chi connectivity index (χ0n) is 9.88. The van der Waals surface area contributed by atoms with Crippen LogP contribution in [0.5, 0.6) is 0 Å². The summed E-state index contributed by atoms with van der Waals surface area (Å²) in [4.78, 5) is 11.4. The van der Waals surface area contributed by atoms with Gasteiger partial charge < -0.3 is 9.47 Å². The Bertz CT molecular complexity index is 434. The summed E-state index contributed by atoms with van der Waals surface area (Å²) in [6.07, 6.45) is -0.0739. The second-order valence-corrected chi connectivity index (χ2v) is 5.79.